The summed E-state index contributed by atoms with van der Waals surface area (Å²) in [6, 6.07) is 9.93. The highest BCUT2D eigenvalue weighted by Crippen LogP contribution is 2.40. The molecule has 1 aliphatic heterocycles. The number of hydrogen-bond donors (Lipinski definition) is 0. The van der Waals surface area contributed by atoms with E-state index < -0.39 is 0 Å². The highest BCUT2D eigenvalue weighted by Gasteiger charge is 2.29. The van der Waals surface area contributed by atoms with Gasteiger partial charge in [0.05, 0.1) is 18.7 Å². The molecule has 0 radical (unpaired) electrons. The fourth-order valence-electron chi connectivity index (χ4n) is 2.43. The van der Waals surface area contributed by atoms with Crippen LogP contribution in [0.1, 0.15) is 35.2 Å². The fraction of sp³-hybridized carbons (Fsp3) is 0.294. The van der Waals surface area contributed by atoms with E-state index in [0.717, 1.165) is 17.7 Å². The average Bonchev–Trinajstić information content (AvgIpc) is 2.96. The zero-order valence-corrected chi connectivity index (χ0v) is 12.7. The molecule has 2 heterocycles. The molecule has 0 amide bonds. The summed E-state index contributed by atoms with van der Waals surface area (Å²) in [5, 5.41) is 0. The number of nitrogens with zero attached hydrogens (tertiary/aromatic N) is 1. The second-order valence-corrected chi connectivity index (χ2v) is 6.09. The van der Waals surface area contributed by atoms with Crippen LogP contribution >= 0.6 is 11.8 Å². The quantitative estimate of drug-likeness (QED) is 0.784. The zero-order chi connectivity index (χ0) is 14.7. The van der Waals surface area contributed by atoms with E-state index in [4.69, 9.17) is 4.74 Å². The standard InChI is InChI=1S/C17H17NO2S/c1-2-7-20-13-8-12(9-18-10-13)17(19)15-11-21-16-6-4-3-5-14(15)16/h3-6,8-10,15H,2,7,11H2,1H3. The number of rotatable bonds is 5. The van der Waals surface area contributed by atoms with Crippen molar-refractivity contribution in [1.82, 2.24) is 4.98 Å². The third-order valence-corrected chi connectivity index (χ3v) is 4.67. The van der Waals surface area contributed by atoms with Gasteiger partial charge in [-0.15, -0.1) is 11.8 Å². The smallest absolute Gasteiger partial charge is 0.172 e. The topological polar surface area (TPSA) is 39.2 Å². The average molecular weight is 299 g/mol. The summed E-state index contributed by atoms with van der Waals surface area (Å²) in [5.74, 6) is 1.52. The number of thioether (sulfide) groups is 1. The molecule has 1 aliphatic rings. The minimum Gasteiger partial charge on any atom is -0.492 e. The van der Waals surface area contributed by atoms with Crippen LogP contribution in [-0.4, -0.2) is 23.1 Å². The molecular formula is C17H17NO2S. The number of pyridine rings is 1. The number of aromatic nitrogens is 1. The molecule has 0 saturated carbocycles. The van der Waals surface area contributed by atoms with Gasteiger partial charge in [0.2, 0.25) is 0 Å². The lowest BCUT2D eigenvalue weighted by Gasteiger charge is -2.11. The van der Waals surface area contributed by atoms with Crippen LogP contribution in [0.4, 0.5) is 0 Å². The number of hydrogen-bond acceptors (Lipinski definition) is 4. The van der Waals surface area contributed by atoms with Crippen molar-refractivity contribution < 1.29 is 9.53 Å². The Labute approximate surface area is 128 Å². The first-order valence-electron chi connectivity index (χ1n) is 7.13. The van der Waals surface area contributed by atoms with E-state index >= 15 is 0 Å². The van der Waals surface area contributed by atoms with Gasteiger partial charge < -0.3 is 4.74 Å². The Morgan fingerprint density at radius 3 is 3.10 bits per heavy atom. The SMILES string of the molecule is CCCOc1cncc(C(=O)C2CSc3ccccc32)c1. The van der Waals surface area contributed by atoms with Gasteiger partial charge in [0, 0.05) is 22.4 Å². The van der Waals surface area contributed by atoms with Crippen LogP contribution in [0.5, 0.6) is 5.75 Å². The largest absolute Gasteiger partial charge is 0.492 e. The van der Waals surface area contributed by atoms with Crippen molar-refractivity contribution >= 4 is 17.5 Å². The van der Waals surface area contributed by atoms with Gasteiger partial charge in [-0.3, -0.25) is 9.78 Å². The highest BCUT2D eigenvalue weighted by atomic mass is 32.2. The number of ketones is 1. The molecule has 1 aromatic carbocycles. The first-order valence-corrected chi connectivity index (χ1v) is 8.12. The summed E-state index contributed by atoms with van der Waals surface area (Å²) in [4.78, 5) is 18.1. The molecule has 0 bridgehead atoms. The molecule has 108 valence electrons. The van der Waals surface area contributed by atoms with Crippen molar-refractivity contribution in [2.45, 2.75) is 24.2 Å². The van der Waals surface area contributed by atoms with Crippen molar-refractivity contribution in [3.63, 3.8) is 0 Å². The molecule has 0 aliphatic carbocycles. The maximum absolute atomic E-state index is 12.7. The maximum Gasteiger partial charge on any atom is 0.172 e. The molecule has 3 rings (SSSR count). The Balaban J connectivity index is 1.83. The number of fused-ring (bicyclic) bond motifs is 1. The van der Waals surface area contributed by atoms with Gasteiger partial charge in [-0.1, -0.05) is 25.1 Å². The lowest BCUT2D eigenvalue weighted by molar-refractivity contribution is 0.0967. The molecular weight excluding hydrogens is 282 g/mol. The zero-order valence-electron chi connectivity index (χ0n) is 11.9. The Kier molecular flexibility index (Phi) is 4.25. The summed E-state index contributed by atoms with van der Waals surface area (Å²) in [5.41, 5.74) is 1.76. The van der Waals surface area contributed by atoms with Gasteiger partial charge in [-0.05, 0) is 24.1 Å². The van der Waals surface area contributed by atoms with E-state index in [1.807, 2.05) is 18.2 Å². The van der Waals surface area contributed by atoms with Crippen LogP contribution in [0.2, 0.25) is 0 Å². The summed E-state index contributed by atoms with van der Waals surface area (Å²) in [6.45, 7) is 2.69. The number of carbonyl (C=O) groups is 1. The number of benzene rings is 1. The van der Waals surface area contributed by atoms with Crippen molar-refractivity contribution in [2.24, 2.45) is 0 Å². The van der Waals surface area contributed by atoms with Crippen LogP contribution < -0.4 is 4.74 Å². The maximum atomic E-state index is 12.7. The molecule has 1 unspecified atom stereocenters. The fourth-order valence-corrected chi connectivity index (χ4v) is 3.66. The van der Waals surface area contributed by atoms with Gasteiger partial charge in [-0.25, -0.2) is 0 Å². The van der Waals surface area contributed by atoms with Crippen LogP contribution in [0.25, 0.3) is 0 Å². The first kappa shape index (κ1) is 14.1. The molecule has 21 heavy (non-hydrogen) atoms. The summed E-state index contributed by atoms with van der Waals surface area (Å²) >= 11 is 1.74. The second kappa shape index (κ2) is 6.31. The first-order chi connectivity index (χ1) is 10.3. The van der Waals surface area contributed by atoms with Gasteiger partial charge in [0.15, 0.2) is 5.78 Å². The van der Waals surface area contributed by atoms with E-state index in [-0.39, 0.29) is 11.7 Å². The van der Waals surface area contributed by atoms with Crippen LogP contribution in [-0.2, 0) is 0 Å². The van der Waals surface area contributed by atoms with E-state index in [1.165, 1.54) is 4.90 Å². The van der Waals surface area contributed by atoms with E-state index in [9.17, 15) is 4.79 Å². The predicted octanol–water partition coefficient (Wildman–Crippen LogP) is 3.94. The number of carbonyl (C=O) groups excluding carboxylic acids is 1. The van der Waals surface area contributed by atoms with E-state index in [0.29, 0.717) is 17.9 Å². The third kappa shape index (κ3) is 2.95. The van der Waals surface area contributed by atoms with Gasteiger partial charge >= 0.3 is 0 Å². The van der Waals surface area contributed by atoms with Crippen molar-refractivity contribution in [1.29, 1.82) is 0 Å². The predicted molar refractivity (Wildman–Crippen MR) is 84.3 cm³/mol. The van der Waals surface area contributed by atoms with E-state index in [2.05, 4.69) is 18.0 Å². The molecule has 0 N–H and O–H groups in total. The monoisotopic (exact) mass is 299 g/mol. The minimum atomic E-state index is -0.0746. The van der Waals surface area contributed by atoms with Crippen molar-refractivity contribution in [2.75, 3.05) is 12.4 Å². The molecule has 0 fully saturated rings. The molecule has 4 heteroatoms. The molecule has 1 aromatic heterocycles. The lowest BCUT2D eigenvalue weighted by atomic mass is 9.93. The van der Waals surface area contributed by atoms with Gasteiger partial charge in [0.25, 0.3) is 0 Å². The number of Topliss-reactive ketones (excluding diaryl/α,β-unsaturated/α-hetero) is 1. The summed E-state index contributed by atoms with van der Waals surface area (Å²) in [7, 11) is 0. The molecule has 1 atom stereocenters. The molecule has 3 nitrogen and oxygen atoms in total. The Hall–Kier alpha value is -1.81. The lowest BCUT2D eigenvalue weighted by Crippen LogP contribution is -2.13. The Bertz CT molecular complexity index is 657. The van der Waals surface area contributed by atoms with Crippen LogP contribution in [0.3, 0.4) is 0 Å². The third-order valence-electron chi connectivity index (χ3n) is 3.49. The van der Waals surface area contributed by atoms with Crippen LogP contribution in [0, 0.1) is 0 Å². The Morgan fingerprint density at radius 2 is 2.24 bits per heavy atom. The normalized spacial score (nSPS) is 16.5. The van der Waals surface area contributed by atoms with Crippen LogP contribution in [0.15, 0.2) is 47.6 Å². The number of ether oxygens (including phenoxy) is 1. The summed E-state index contributed by atoms with van der Waals surface area (Å²) in [6.07, 6.45) is 4.22. The second-order valence-electron chi connectivity index (χ2n) is 5.02. The van der Waals surface area contributed by atoms with Gasteiger partial charge in [-0.2, -0.15) is 0 Å². The van der Waals surface area contributed by atoms with Crippen molar-refractivity contribution in [3.05, 3.63) is 53.9 Å². The van der Waals surface area contributed by atoms with E-state index in [1.54, 1.807) is 30.2 Å². The Morgan fingerprint density at radius 1 is 1.38 bits per heavy atom. The summed E-state index contributed by atoms with van der Waals surface area (Å²) < 4.78 is 5.56. The molecule has 0 saturated heterocycles. The molecule has 2 aromatic rings. The van der Waals surface area contributed by atoms with Gasteiger partial charge in [0.1, 0.15) is 5.75 Å². The molecule has 0 spiro atoms. The van der Waals surface area contributed by atoms with Crippen molar-refractivity contribution in [3.8, 4) is 5.75 Å². The highest BCUT2D eigenvalue weighted by molar-refractivity contribution is 7.99. The minimum absolute atomic E-state index is 0.0746.